The summed E-state index contributed by atoms with van der Waals surface area (Å²) in [6.07, 6.45) is 4.27. The zero-order chi connectivity index (χ0) is 14.8. The van der Waals surface area contributed by atoms with Gasteiger partial charge in [-0.2, -0.15) is 0 Å². The first kappa shape index (κ1) is 12.7. The molecule has 1 aliphatic rings. The lowest BCUT2D eigenvalue weighted by molar-refractivity contribution is 0.106. The van der Waals surface area contributed by atoms with Crippen LogP contribution in [0.4, 0.5) is 11.6 Å². The number of nitrogens with two attached hydrogens (primary N) is 2. The average molecular weight is 279 g/mol. The van der Waals surface area contributed by atoms with Crippen LogP contribution < -0.4 is 16.1 Å². The highest BCUT2D eigenvalue weighted by Gasteiger charge is 2.23. The largest absolute Gasteiger partial charge is 0.398 e. The average Bonchev–Trinajstić information content (AvgIpc) is 3.01. The predicted octanol–water partition coefficient (Wildman–Crippen LogP) is 0.112. The third kappa shape index (κ3) is 2.41. The number of nitrogen functional groups attached to an aromatic ring is 2. The van der Waals surface area contributed by atoms with Crippen LogP contribution in [0.3, 0.4) is 0 Å². The molecule has 1 aromatic heterocycles. The van der Waals surface area contributed by atoms with Crippen molar-refractivity contribution in [2.24, 2.45) is 4.99 Å². The van der Waals surface area contributed by atoms with Crippen LogP contribution in [0.5, 0.6) is 0 Å². The number of hydrogen-bond donors (Lipinski definition) is 2. The van der Waals surface area contributed by atoms with E-state index in [-0.39, 0.29) is 17.4 Å². The van der Waals surface area contributed by atoms with Crippen molar-refractivity contribution in [3.63, 3.8) is 0 Å². The molecule has 0 spiro atoms. The standard InChI is InChI=1S/C14H10N6O/c15-10-2-1-8(11-3-4-18-14(16)20-11)5-9(10)13(21)12-6-17-7-19-12/h1-7H,(H3-,15,16,18,20,21)/p+1. The summed E-state index contributed by atoms with van der Waals surface area (Å²) >= 11 is 0. The Labute approximate surface area is 119 Å². The first-order valence-corrected chi connectivity index (χ1v) is 6.11. The van der Waals surface area contributed by atoms with Crippen LogP contribution in [0.1, 0.15) is 10.4 Å². The molecule has 21 heavy (non-hydrogen) atoms. The van der Waals surface area contributed by atoms with Gasteiger partial charge in [0.2, 0.25) is 17.9 Å². The first-order valence-electron chi connectivity index (χ1n) is 6.11. The van der Waals surface area contributed by atoms with Crippen molar-refractivity contribution in [1.82, 2.24) is 14.6 Å². The Hall–Kier alpha value is -3.31. The van der Waals surface area contributed by atoms with Crippen LogP contribution in [0.25, 0.3) is 11.3 Å². The molecule has 7 heteroatoms. The lowest BCUT2D eigenvalue weighted by Gasteiger charge is -2.06. The van der Waals surface area contributed by atoms with Gasteiger partial charge in [0, 0.05) is 17.4 Å². The molecular formula is C14H11N6O+. The number of Topliss-reactive ketones (excluding diaryl/α,β-unsaturated/α-hetero) is 1. The molecule has 0 atom stereocenters. The quantitative estimate of drug-likeness (QED) is 0.469. The van der Waals surface area contributed by atoms with E-state index in [1.54, 1.807) is 30.5 Å². The fraction of sp³-hybridized carbons (Fsp3) is 0. The van der Waals surface area contributed by atoms with E-state index in [0.29, 0.717) is 16.9 Å². The zero-order valence-electron chi connectivity index (χ0n) is 10.9. The molecule has 2 aromatic rings. The molecule has 2 heterocycles. The van der Waals surface area contributed by atoms with Crippen LogP contribution >= 0.6 is 0 Å². The summed E-state index contributed by atoms with van der Waals surface area (Å²) < 4.78 is 3.78. The Morgan fingerprint density at radius 3 is 2.76 bits per heavy atom. The molecule has 7 nitrogen and oxygen atoms in total. The van der Waals surface area contributed by atoms with E-state index in [0.717, 1.165) is 5.56 Å². The van der Waals surface area contributed by atoms with Crippen molar-refractivity contribution >= 4 is 35.7 Å². The number of ketones is 1. The smallest absolute Gasteiger partial charge is 0.379 e. The maximum Gasteiger partial charge on any atom is 0.379 e. The van der Waals surface area contributed by atoms with Gasteiger partial charge in [0.1, 0.15) is 0 Å². The molecule has 0 bridgehead atoms. The molecule has 1 aliphatic heterocycles. The minimum atomic E-state index is -0.283. The number of rotatable bonds is 3. The summed E-state index contributed by atoms with van der Waals surface area (Å²) in [5.74, 6) is -0.118. The van der Waals surface area contributed by atoms with E-state index in [4.69, 9.17) is 11.5 Å². The van der Waals surface area contributed by atoms with E-state index < -0.39 is 0 Å². The van der Waals surface area contributed by atoms with Gasteiger partial charge in [-0.3, -0.25) is 4.79 Å². The molecule has 0 saturated carbocycles. The zero-order valence-corrected chi connectivity index (χ0v) is 10.9. The van der Waals surface area contributed by atoms with Gasteiger partial charge in [-0.25, -0.2) is 14.6 Å². The van der Waals surface area contributed by atoms with Gasteiger partial charge in [0.15, 0.2) is 0 Å². The molecule has 0 unspecified atom stereocenters. The molecule has 0 aliphatic carbocycles. The van der Waals surface area contributed by atoms with Crippen molar-refractivity contribution < 1.29 is 4.79 Å². The number of carbonyl (C=O) groups excluding carboxylic acids is 1. The second-order valence-corrected chi connectivity index (χ2v) is 4.34. The lowest BCUT2D eigenvalue weighted by atomic mass is 10.0. The fourth-order valence-electron chi connectivity index (χ4n) is 1.93. The molecule has 1 aromatic carbocycles. The Morgan fingerprint density at radius 2 is 2.05 bits per heavy atom. The van der Waals surface area contributed by atoms with Gasteiger partial charge in [-0.05, 0) is 23.2 Å². The highest BCUT2D eigenvalue weighted by atomic mass is 16.1. The first-order chi connectivity index (χ1) is 10.1. The topological polar surface area (TPSA) is 121 Å². The summed E-state index contributed by atoms with van der Waals surface area (Å²) in [6.45, 7) is 0. The predicted molar refractivity (Wildman–Crippen MR) is 82.3 cm³/mol. The lowest BCUT2D eigenvalue weighted by Crippen LogP contribution is -2.16. The van der Waals surface area contributed by atoms with Gasteiger partial charge >= 0.3 is 6.34 Å². The summed E-state index contributed by atoms with van der Waals surface area (Å²) in [5.41, 5.74) is 13.8. The number of aromatic nitrogens is 2. The van der Waals surface area contributed by atoms with Crippen LogP contribution in [0.15, 0.2) is 35.5 Å². The molecule has 0 radical (unpaired) electrons. The second kappa shape index (κ2) is 4.99. The van der Waals surface area contributed by atoms with Gasteiger partial charge in [-0.15, -0.1) is 0 Å². The summed E-state index contributed by atoms with van der Waals surface area (Å²) in [5, 5.41) is 0. The van der Waals surface area contributed by atoms with Crippen LogP contribution in [0.2, 0.25) is 0 Å². The normalized spacial score (nSPS) is 12.5. The Bertz CT molecular complexity index is 833. The number of benzene rings is 1. The van der Waals surface area contributed by atoms with E-state index in [1.165, 1.54) is 12.6 Å². The Kier molecular flexibility index (Phi) is 3.02. The van der Waals surface area contributed by atoms with Gasteiger partial charge in [0.25, 0.3) is 5.71 Å². The molecular weight excluding hydrogens is 268 g/mol. The monoisotopic (exact) mass is 279 g/mol. The van der Waals surface area contributed by atoms with Crippen molar-refractivity contribution in [1.29, 1.82) is 0 Å². The van der Waals surface area contributed by atoms with Gasteiger partial charge in [0.05, 0.1) is 11.3 Å². The minimum absolute atomic E-state index is 0.166. The number of hydrogen-bond acceptors (Lipinski definition) is 6. The van der Waals surface area contributed by atoms with Crippen molar-refractivity contribution in [2.45, 2.75) is 0 Å². The number of carbonyl (C=O) groups is 1. The summed E-state index contributed by atoms with van der Waals surface area (Å²) in [7, 11) is 0. The highest BCUT2D eigenvalue weighted by molar-refractivity contribution is 6.66. The Morgan fingerprint density at radius 1 is 1.19 bits per heavy atom. The van der Waals surface area contributed by atoms with Crippen molar-refractivity contribution in [3.05, 3.63) is 36.0 Å². The molecule has 4 N–H and O–H groups in total. The van der Waals surface area contributed by atoms with Gasteiger partial charge in [-0.1, -0.05) is 6.07 Å². The third-order valence-electron chi connectivity index (χ3n) is 2.96. The Balaban J connectivity index is 2.04. The third-order valence-corrected chi connectivity index (χ3v) is 2.96. The van der Waals surface area contributed by atoms with Gasteiger partial charge < -0.3 is 11.5 Å². The summed E-state index contributed by atoms with van der Waals surface area (Å²) in [6, 6.07) is 6.79. The number of aliphatic imine (C=N–C) groups is 1. The molecule has 3 rings (SSSR count). The van der Waals surface area contributed by atoms with E-state index in [9.17, 15) is 4.79 Å². The number of anilines is 2. The minimum Gasteiger partial charge on any atom is -0.398 e. The maximum absolute atomic E-state index is 12.3. The number of nitrogens with zero attached hydrogens (tertiary/aromatic N) is 4. The van der Waals surface area contributed by atoms with E-state index in [1.807, 2.05) is 0 Å². The van der Waals surface area contributed by atoms with Crippen LogP contribution in [-0.4, -0.2) is 34.0 Å². The van der Waals surface area contributed by atoms with E-state index in [2.05, 4.69) is 19.6 Å². The van der Waals surface area contributed by atoms with Crippen molar-refractivity contribution in [3.8, 4) is 11.3 Å². The second-order valence-electron chi connectivity index (χ2n) is 4.34. The fourth-order valence-corrected chi connectivity index (χ4v) is 1.93. The molecule has 0 amide bonds. The van der Waals surface area contributed by atoms with Crippen molar-refractivity contribution in [2.75, 3.05) is 11.5 Å². The SMILES string of the molecule is Nc1nccc(-c2ccc(N)c(C(=O)C3=NC=[N+]=C3)c2)n1. The maximum atomic E-state index is 12.3. The molecule has 0 fully saturated rings. The van der Waals surface area contributed by atoms with Crippen LogP contribution in [0, 0.1) is 0 Å². The highest BCUT2D eigenvalue weighted by Crippen LogP contribution is 2.23. The summed E-state index contributed by atoms with van der Waals surface area (Å²) in [4.78, 5) is 24.2. The molecule has 102 valence electrons. The molecule has 0 saturated heterocycles. The van der Waals surface area contributed by atoms with E-state index >= 15 is 0 Å². The van der Waals surface area contributed by atoms with Crippen LogP contribution in [-0.2, 0) is 0 Å².